The number of nitro benzene ring substituents is 1. The Morgan fingerprint density at radius 2 is 1.93 bits per heavy atom. The first kappa shape index (κ1) is 19.2. The minimum absolute atomic E-state index is 0.0531. The number of nitrogens with zero attached hydrogens (tertiary/aromatic N) is 2. The predicted octanol–water partition coefficient (Wildman–Crippen LogP) is 2.68. The summed E-state index contributed by atoms with van der Waals surface area (Å²) in [5.41, 5.74) is 1.67. The average Bonchev–Trinajstić information content (AvgIpc) is 3.08. The maximum Gasteiger partial charge on any atom is 0.311 e. The second-order valence-electron chi connectivity index (χ2n) is 6.58. The van der Waals surface area contributed by atoms with Crippen molar-refractivity contribution < 1.29 is 24.0 Å². The van der Waals surface area contributed by atoms with Gasteiger partial charge in [-0.2, -0.15) is 0 Å². The van der Waals surface area contributed by atoms with Crippen LogP contribution in [0, 0.1) is 23.0 Å². The van der Waals surface area contributed by atoms with E-state index < -0.39 is 23.4 Å². The standard InChI is InChI=1S/C20H18N2O6/c1-13-5-7-14(8-6-13)18(23)12-28-20(25)15-9-19(24)21(11-15)16-3-2-4-17(10-16)22(26)27/h2-8,10,15H,9,11-12H2,1H3/t15-/m0/s1. The zero-order chi connectivity index (χ0) is 20.3. The van der Waals surface area contributed by atoms with E-state index in [0.717, 1.165) is 5.56 Å². The largest absolute Gasteiger partial charge is 0.457 e. The minimum Gasteiger partial charge on any atom is -0.457 e. The molecule has 0 unspecified atom stereocenters. The summed E-state index contributed by atoms with van der Waals surface area (Å²) in [7, 11) is 0. The first-order valence-electron chi connectivity index (χ1n) is 8.66. The Morgan fingerprint density at radius 3 is 2.61 bits per heavy atom. The molecule has 2 aromatic rings. The molecule has 28 heavy (non-hydrogen) atoms. The highest BCUT2D eigenvalue weighted by atomic mass is 16.6. The van der Waals surface area contributed by atoms with Crippen LogP contribution in [0.4, 0.5) is 11.4 Å². The molecule has 1 aliphatic heterocycles. The van der Waals surface area contributed by atoms with Crippen LogP contribution >= 0.6 is 0 Å². The number of Topliss-reactive ketones (excluding diaryl/α,β-unsaturated/α-hetero) is 1. The smallest absolute Gasteiger partial charge is 0.311 e. The monoisotopic (exact) mass is 382 g/mol. The SMILES string of the molecule is Cc1ccc(C(=O)COC(=O)[C@H]2CC(=O)N(c3cccc([N+](=O)[O-])c3)C2)cc1. The maximum absolute atomic E-state index is 12.3. The zero-order valence-electron chi connectivity index (χ0n) is 15.2. The summed E-state index contributed by atoms with van der Waals surface area (Å²) in [4.78, 5) is 48.3. The first-order chi connectivity index (χ1) is 13.3. The van der Waals surface area contributed by atoms with Gasteiger partial charge in [0.15, 0.2) is 12.4 Å². The lowest BCUT2D eigenvalue weighted by Gasteiger charge is -2.16. The van der Waals surface area contributed by atoms with Gasteiger partial charge in [0.25, 0.3) is 5.69 Å². The van der Waals surface area contributed by atoms with E-state index >= 15 is 0 Å². The van der Waals surface area contributed by atoms with Gasteiger partial charge in [-0.3, -0.25) is 24.5 Å². The van der Waals surface area contributed by atoms with Gasteiger partial charge in [0.05, 0.1) is 16.5 Å². The zero-order valence-corrected chi connectivity index (χ0v) is 15.2. The lowest BCUT2D eigenvalue weighted by molar-refractivity contribution is -0.384. The van der Waals surface area contributed by atoms with E-state index in [1.165, 1.54) is 23.1 Å². The molecule has 0 aliphatic carbocycles. The number of esters is 1. The van der Waals surface area contributed by atoms with Crippen LogP contribution in [0.15, 0.2) is 48.5 Å². The van der Waals surface area contributed by atoms with Gasteiger partial charge in [0.1, 0.15) is 0 Å². The third-order valence-electron chi connectivity index (χ3n) is 4.53. The number of carbonyl (C=O) groups excluding carboxylic acids is 3. The summed E-state index contributed by atoms with van der Waals surface area (Å²) in [5.74, 6) is -2.01. The predicted molar refractivity (Wildman–Crippen MR) is 100 cm³/mol. The molecule has 0 bridgehead atoms. The Bertz CT molecular complexity index is 938. The van der Waals surface area contributed by atoms with Gasteiger partial charge < -0.3 is 9.64 Å². The number of ether oxygens (including phenoxy) is 1. The molecule has 8 heteroatoms. The lowest BCUT2D eigenvalue weighted by Crippen LogP contribution is -2.27. The fourth-order valence-corrected chi connectivity index (χ4v) is 2.97. The Morgan fingerprint density at radius 1 is 1.21 bits per heavy atom. The van der Waals surface area contributed by atoms with E-state index in [1.807, 2.05) is 6.92 Å². The van der Waals surface area contributed by atoms with Gasteiger partial charge in [-0.15, -0.1) is 0 Å². The highest BCUT2D eigenvalue weighted by Crippen LogP contribution is 2.28. The van der Waals surface area contributed by atoms with E-state index in [0.29, 0.717) is 11.3 Å². The third kappa shape index (κ3) is 4.22. The molecular formula is C20H18N2O6. The van der Waals surface area contributed by atoms with E-state index in [-0.39, 0.29) is 30.3 Å². The van der Waals surface area contributed by atoms with Crippen molar-refractivity contribution in [3.8, 4) is 0 Å². The molecule has 1 fully saturated rings. The molecule has 3 rings (SSSR count). The molecule has 1 saturated heterocycles. The number of ketones is 1. The molecule has 1 aliphatic rings. The van der Waals surface area contributed by atoms with Crippen molar-refractivity contribution in [2.24, 2.45) is 5.92 Å². The van der Waals surface area contributed by atoms with Crippen LogP contribution in [0.3, 0.4) is 0 Å². The summed E-state index contributed by atoms with van der Waals surface area (Å²) < 4.78 is 5.09. The van der Waals surface area contributed by atoms with Crippen molar-refractivity contribution >= 4 is 29.0 Å². The summed E-state index contributed by atoms with van der Waals surface area (Å²) in [5, 5.41) is 10.9. The van der Waals surface area contributed by atoms with Crippen LogP contribution in [0.5, 0.6) is 0 Å². The van der Waals surface area contributed by atoms with Crippen molar-refractivity contribution in [1.82, 2.24) is 0 Å². The molecule has 1 heterocycles. The molecule has 1 atom stereocenters. The van der Waals surface area contributed by atoms with E-state index in [2.05, 4.69) is 0 Å². The van der Waals surface area contributed by atoms with Crippen LogP contribution in [-0.4, -0.2) is 35.7 Å². The van der Waals surface area contributed by atoms with E-state index in [1.54, 1.807) is 30.3 Å². The number of anilines is 1. The summed E-state index contributed by atoms with van der Waals surface area (Å²) in [6, 6.07) is 12.6. The number of non-ortho nitro benzene ring substituents is 1. The molecule has 2 aromatic carbocycles. The van der Waals surface area contributed by atoms with Gasteiger partial charge in [0, 0.05) is 30.7 Å². The maximum atomic E-state index is 12.3. The molecular weight excluding hydrogens is 364 g/mol. The number of amides is 1. The molecule has 0 N–H and O–H groups in total. The summed E-state index contributed by atoms with van der Waals surface area (Å²) in [6.07, 6.45) is -0.0692. The van der Waals surface area contributed by atoms with Crippen LogP contribution in [-0.2, 0) is 14.3 Å². The van der Waals surface area contributed by atoms with E-state index in [9.17, 15) is 24.5 Å². The normalized spacial score (nSPS) is 16.1. The van der Waals surface area contributed by atoms with Crippen LogP contribution in [0.2, 0.25) is 0 Å². The van der Waals surface area contributed by atoms with Crippen LogP contribution in [0.25, 0.3) is 0 Å². The third-order valence-corrected chi connectivity index (χ3v) is 4.53. The van der Waals surface area contributed by atoms with Crippen molar-refractivity contribution in [2.75, 3.05) is 18.1 Å². The number of carbonyl (C=O) groups is 3. The molecule has 0 aromatic heterocycles. The molecule has 1 amide bonds. The van der Waals surface area contributed by atoms with E-state index in [4.69, 9.17) is 4.74 Å². The van der Waals surface area contributed by atoms with Crippen molar-refractivity contribution in [3.05, 3.63) is 69.8 Å². The van der Waals surface area contributed by atoms with Gasteiger partial charge in [0.2, 0.25) is 5.91 Å². The highest BCUT2D eigenvalue weighted by molar-refractivity contribution is 6.01. The minimum atomic E-state index is -0.724. The second kappa shape index (κ2) is 7.99. The van der Waals surface area contributed by atoms with Crippen LogP contribution in [0.1, 0.15) is 22.3 Å². The quantitative estimate of drug-likeness (QED) is 0.329. The van der Waals surface area contributed by atoms with Gasteiger partial charge in [-0.05, 0) is 13.0 Å². The second-order valence-corrected chi connectivity index (χ2v) is 6.58. The molecule has 144 valence electrons. The van der Waals surface area contributed by atoms with Gasteiger partial charge >= 0.3 is 5.97 Å². The molecule has 8 nitrogen and oxygen atoms in total. The first-order valence-corrected chi connectivity index (χ1v) is 8.66. The molecule has 0 saturated carbocycles. The Kier molecular flexibility index (Phi) is 5.49. The Balaban J connectivity index is 1.60. The lowest BCUT2D eigenvalue weighted by atomic mass is 10.1. The van der Waals surface area contributed by atoms with Crippen LogP contribution < -0.4 is 4.90 Å². The average molecular weight is 382 g/mol. The number of nitro groups is 1. The number of rotatable bonds is 6. The number of benzene rings is 2. The topological polar surface area (TPSA) is 107 Å². The highest BCUT2D eigenvalue weighted by Gasteiger charge is 2.36. The number of hydrogen-bond acceptors (Lipinski definition) is 6. The summed E-state index contributed by atoms with van der Waals surface area (Å²) >= 11 is 0. The molecule has 0 radical (unpaired) electrons. The summed E-state index contributed by atoms with van der Waals surface area (Å²) in [6.45, 7) is 1.55. The van der Waals surface area contributed by atoms with Crippen molar-refractivity contribution in [2.45, 2.75) is 13.3 Å². The van der Waals surface area contributed by atoms with Gasteiger partial charge in [-0.25, -0.2) is 0 Å². The molecule has 0 spiro atoms. The Hall–Kier alpha value is -3.55. The fraction of sp³-hybridized carbons (Fsp3) is 0.250. The fourth-order valence-electron chi connectivity index (χ4n) is 2.97. The van der Waals surface area contributed by atoms with Crippen molar-refractivity contribution in [3.63, 3.8) is 0 Å². The van der Waals surface area contributed by atoms with Crippen molar-refractivity contribution in [1.29, 1.82) is 0 Å². The number of hydrogen-bond donors (Lipinski definition) is 0. The Labute approximate surface area is 160 Å². The number of aryl methyl sites for hydroxylation is 1. The van der Waals surface area contributed by atoms with Gasteiger partial charge in [-0.1, -0.05) is 35.9 Å².